The van der Waals surface area contributed by atoms with Crippen molar-refractivity contribution in [2.24, 2.45) is 0 Å². The number of hydrogen-bond donors (Lipinski definition) is 2. The van der Waals surface area contributed by atoms with Crippen LogP contribution in [0.2, 0.25) is 0 Å². The number of nitrogens with one attached hydrogen (secondary N) is 1. The van der Waals surface area contributed by atoms with Crippen LogP contribution in [0.15, 0.2) is 24.3 Å². The van der Waals surface area contributed by atoms with Crippen molar-refractivity contribution in [2.75, 3.05) is 11.9 Å². The van der Waals surface area contributed by atoms with Crippen molar-refractivity contribution >= 4 is 17.7 Å². The van der Waals surface area contributed by atoms with Crippen LogP contribution in [-0.2, 0) is 4.79 Å². The van der Waals surface area contributed by atoms with Crippen LogP contribution >= 0.6 is 0 Å². The molecule has 1 aromatic carbocycles. The molecule has 0 aliphatic carbocycles. The molecule has 1 aliphatic rings. The van der Waals surface area contributed by atoms with E-state index in [1.54, 1.807) is 24.3 Å². The summed E-state index contributed by atoms with van der Waals surface area (Å²) in [6, 6.07) is 7.29. The number of carboxylic acid groups (broad SMARTS) is 1. The lowest BCUT2D eigenvalue weighted by Gasteiger charge is -2.32. The summed E-state index contributed by atoms with van der Waals surface area (Å²) < 4.78 is 0. The van der Waals surface area contributed by atoms with E-state index in [1.165, 1.54) is 4.90 Å². The Kier molecular flexibility index (Phi) is 4.20. The first-order valence-electron chi connectivity index (χ1n) is 6.42. The maximum absolute atomic E-state index is 12.2. The first-order chi connectivity index (χ1) is 9.61. The molecule has 2 rings (SSSR count). The van der Waals surface area contributed by atoms with Gasteiger partial charge in [0, 0.05) is 12.2 Å². The van der Waals surface area contributed by atoms with Crippen LogP contribution in [0.5, 0.6) is 0 Å². The molecule has 0 radical (unpaired) electrons. The highest BCUT2D eigenvalue weighted by atomic mass is 16.4. The van der Waals surface area contributed by atoms with Crippen molar-refractivity contribution in [2.45, 2.75) is 25.3 Å². The Balaban J connectivity index is 2.10. The summed E-state index contributed by atoms with van der Waals surface area (Å²) in [7, 11) is 0. The summed E-state index contributed by atoms with van der Waals surface area (Å²) >= 11 is 0. The number of carbonyl (C=O) groups excluding carboxylic acids is 1. The molecule has 2 N–H and O–H groups in total. The second-order valence-electron chi connectivity index (χ2n) is 4.67. The number of anilines is 1. The number of likely N-dealkylation sites (tertiary alicyclic amines) is 1. The summed E-state index contributed by atoms with van der Waals surface area (Å²) in [5.74, 6) is -0.981. The smallest absolute Gasteiger partial charge is 0.326 e. The van der Waals surface area contributed by atoms with Gasteiger partial charge in [-0.25, -0.2) is 9.59 Å². The largest absolute Gasteiger partial charge is 0.480 e. The van der Waals surface area contributed by atoms with E-state index in [4.69, 9.17) is 10.4 Å². The minimum absolute atomic E-state index is 0.431. The van der Waals surface area contributed by atoms with Gasteiger partial charge in [0.25, 0.3) is 0 Å². The molecule has 6 heteroatoms. The number of nitrogens with zero attached hydrogens (tertiary/aromatic N) is 2. The van der Waals surface area contributed by atoms with E-state index in [1.807, 2.05) is 6.07 Å². The van der Waals surface area contributed by atoms with E-state index < -0.39 is 18.0 Å². The lowest BCUT2D eigenvalue weighted by molar-refractivity contribution is -0.143. The summed E-state index contributed by atoms with van der Waals surface area (Å²) in [5, 5.41) is 20.6. The minimum atomic E-state index is -0.981. The van der Waals surface area contributed by atoms with Gasteiger partial charge >= 0.3 is 12.0 Å². The third kappa shape index (κ3) is 3.06. The van der Waals surface area contributed by atoms with Gasteiger partial charge in [0.2, 0.25) is 0 Å². The molecule has 0 unspecified atom stereocenters. The average Bonchev–Trinajstić information content (AvgIpc) is 2.47. The van der Waals surface area contributed by atoms with Crippen LogP contribution in [0.25, 0.3) is 0 Å². The minimum Gasteiger partial charge on any atom is -0.480 e. The zero-order valence-corrected chi connectivity index (χ0v) is 10.9. The lowest BCUT2D eigenvalue weighted by atomic mass is 10.0. The molecule has 20 heavy (non-hydrogen) atoms. The number of piperidine rings is 1. The number of nitriles is 1. The third-order valence-corrected chi connectivity index (χ3v) is 3.29. The van der Waals surface area contributed by atoms with Gasteiger partial charge in [-0.1, -0.05) is 6.07 Å². The second-order valence-corrected chi connectivity index (χ2v) is 4.67. The van der Waals surface area contributed by atoms with Crippen molar-refractivity contribution in [3.63, 3.8) is 0 Å². The van der Waals surface area contributed by atoms with Crippen LogP contribution < -0.4 is 5.32 Å². The Labute approximate surface area is 116 Å². The van der Waals surface area contributed by atoms with Gasteiger partial charge in [-0.15, -0.1) is 0 Å². The molecule has 0 bridgehead atoms. The van der Waals surface area contributed by atoms with Gasteiger partial charge < -0.3 is 15.3 Å². The van der Waals surface area contributed by atoms with Gasteiger partial charge in [-0.3, -0.25) is 0 Å². The van der Waals surface area contributed by atoms with Gasteiger partial charge in [0.1, 0.15) is 6.04 Å². The predicted molar refractivity (Wildman–Crippen MR) is 72.2 cm³/mol. The first kappa shape index (κ1) is 13.9. The summed E-state index contributed by atoms with van der Waals surface area (Å²) in [6.45, 7) is 0.431. The predicted octanol–water partition coefficient (Wildman–Crippen LogP) is 2.03. The second kappa shape index (κ2) is 6.06. The van der Waals surface area contributed by atoms with Gasteiger partial charge in [-0.2, -0.15) is 5.26 Å². The van der Waals surface area contributed by atoms with Crippen LogP contribution in [0.1, 0.15) is 24.8 Å². The number of benzene rings is 1. The summed E-state index contributed by atoms with van der Waals surface area (Å²) in [6.07, 6.45) is 2.08. The van der Waals surface area contributed by atoms with Gasteiger partial charge in [0.15, 0.2) is 0 Å². The molecule has 0 spiro atoms. The quantitative estimate of drug-likeness (QED) is 0.862. The van der Waals surface area contributed by atoms with Crippen LogP contribution in [0.4, 0.5) is 10.5 Å². The number of carboxylic acids is 1. The molecule has 1 aromatic rings. The van der Waals surface area contributed by atoms with E-state index in [9.17, 15) is 9.59 Å². The molecule has 0 aromatic heterocycles. The molecular weight excluding hydrogens is 258 g/mol. The van der Waals surface area contributed by atoms with Crippen molar-refractivity contribution in [3.8, 4) is 6.07 Å². The first-order valence-corrected chi connectivity index (χ1v) is 6.42. The highest BCUT2D eigenvalue weighted by Gasteiger charge is 2.31. The Hall–Kier alpha value is -2.55. The average molecular weight is 273 g/mol. The summed E-state index contributed by atoms with van der Waals surface area (Å²) in [4.78, 5) is 24.6. The number of amides is 2. The molecule has 1 saturated heterocycles. The molecule has 2 amide bonds. The third-order valence-electron chi connectivity index (χ3n) is 3.29. The zero-order valence-electron chi connectivity index (χ0n) is 10.9. The van der Waals surface area contributed by atoms with Gasteiger partial charge in [-0.05, 0) is 37.5 Å². The Morgan fingerprint density at radius 1 is 1.40 bits per heavy atom. The molecule has 1 aliphatic heterocycles. The zero-order chi connectivity index (χ0) is 14.5. The molecule has 1 atom stereocenters. The number of aliphatic carboxylic acids is 1. The van der Waals surface area contributed by atoms with Crippen molar-refractivity contribution in [1.82, 2.24) is 4.90 Å². The van der Waals surface area contributed by atoms with E-state index in [0.29, 0.717) is 24.2 Å². The fourth-order valence-electron chi connectivity index (χ4n) is 2.29. The molecule has 104 valence electrons. The van der Waals surface area contributed by atoms with Crippen molar-refractivity contribution in [3.05, 3.63) is 29.8 Å². The van der Waals surface area contributed by atoms with Crippen molar-refractivity contribution in [1.29, 1.82) is 5.26 Å². The Morgan fingerprint density at radius 3 is 2.90 bits per heavy atom. The molecule has 0 saturated carbocycles. The SMILES string of the molecule is N#Cc1cccc(NC(=O)N2CCCC[C@@H]2C(=O)O)c1. The maximum Gasteiger partial charge on any atom is 0.326 e. The standard InChI is InChI=1S/C14H15N3O3/c15-9-10-4-3-5-11(8-10)16-14(20)17-7-2-1-6-12(17)13(18)19/h3-5,8,12H,1-2,6-7H2,(H,16,20)(H,18,19)/t12-/m1/s1. The van der Waals surface area contributed by atoms with E-state index >= 15 is 0 Å². The fourth-order valence-corrected chi connectivity index (χ4v) is 2.29. The number of rotatable bonds is 2. The molecular formula is C14H15N3O3. The van der Waals surface area contributed by atoms with Gasteiger partial charge in [0.05, 0.1) is 11.6 Å². The normalized spacial score (nSPS) is 18.1. The Morgan fingerprint density at radius 2 is 2.20 bits per heavy atom. The number of carbonyl (C=O) groups is 2. The molecule has 1 fully saturated rings. The van der Waals surface area contributed by atoms with E-state index in [-0.39, 0.29) is 0 Å². The van der Waals surface area contributed by atoms with Crippen LogP contribution in [-0.4, -0.2) is 34.6 Å². The number of urea groups is 1. The van der Waals surface area contributed by atoms with Crippen molar-refractivity contribution < 1.29 is 14.7 Å². The fraction of sp³-hybridized carbons (Fsp3) is 0.357. The molecule has 1 heterocycles. The maximum atomic E-state index is 12.2. The lowest BCUT2D eigenvalue weighted by Crippen LogP contribution is -2.49. The van der Waals surface area contributed by atoms with E-state index in [2.05, 4.69) is 5.32 Å². The topological polar surface area (TPSA) is 93.4 Å². The Bertz CT molecular complexity index is 565. The molecule has 6 nitrogen and oxygen atoms in total. The number of hydrogen-bond acceptors (Lipinski definition) is 3. The highest BCUT2D eigenvalue weighted by molar-refractivity contribution is 5.92. The summed E-state index contributed by atoms with van der Waals surface area (Å²) in [5.41, 5.74) is 0.931. The monoisotopic (exact) mass is 273 g/mol. The van der Waals surface area contributed by atoms with Crippen LogP contribution in [0.3, 0.4) is 0 Å². The van der Waals surface area contributed by atoms with Crippen LogP contribution in [0, 0.1) is 11.3 Å². The van der Waals surface area contributed by atoms with E-state index in [0.717, 1.165) is 12.8 Å². The highest BCUT2D eigenvalue weighted by Crippen LogP contribution is 2.19.